The fourth-order valence-electron chi connectivity index (χ4n) is 2.39. The van der Waals surface area contributed by atoms with E-state index in [4.69, 9.17) is 0 Å². The molecule has 5 heteroatoms. The topological polar surface area (TPSA) is 57.6 Å². The SMILES string of the molecule is CCC(C)(CCO)N1C(=O)c2ccc(Br)cc2C1=O. The van der Waals surface area contributed by atoms with E-state index in [2.05, 4.69) is 15.9 Å². The number of halogens is 1. The number of rotatable bonds is 4. The van der Waals surface area contributed by atoms with E-state index in [0.29, 0.717) is 24.0 Å². The van der Waals surface area contributed by atoms with Gasteiger partial charge in [-0.05, 0) is 38.0 Å². The minimum Gasteiger partial charge on any atom is -0.396 e. The zero-order valence-corrected chi connectivity index (χ0v) is 12.5. The van der Waals surface area contributed by atoms with Crippen molar-refractivity contribution in [2.24, 2.45) is 0 Å². The molecule has 1 atom stereocenters. The Morgan fingerprint density at radius 2 is 1.89 bits per heavy atom. The molecule has 0 radical (unpaired) electrons. The number of aliphatic hydroxyl groups excluding tert-OH is 1. The maximum absolute atomic E-state index is 12.4. The number of hydrogen-bond donors (Lipinski definition) is 1. The van der Waals surface area contributed by atoms with Gasteiger partial charge in [0.05, 0.1) is 16.7 Å². The Morgan fingerprint density at radius 1 is 1.26 bits per heavy atom. The van der Waals surface area contributed by atoms with Crippen LogP contribution < -0.4 is 0 Å². The van der Waals surface area contributed by atoms with Gasteiger partial charge in [-0.1, -0.05) is 22.9 Å². The lowest BCUT2D eigenvalue weighted by Gasteiger charge is -2.36. The van der Waals surface area contributed by atoms with Crippen molar-refractivity contribution in [1.82, 2.24) is 4.90 Å². The first-order valence-corrected chi connectivity index (χ1v) is 7.03. The van der Waals surface area contributed by atoms with E-state index in [1.807, 2.05) is 13.8 Å². The molecule has 0 aromatic heterocycles. The first kappa shape index (κ1) is 14.2. The molecular weight excluding hydrogens is 310 g/mol. The predicted octanol–water partition coefficient (Wildman–Crippen LogP) is 2.60. The highest BCUT2D eigenvalue weighted by molar-refractivity contribution is 9.10. The minimum absolute atomic E-state index is 0.0541. The molecule has 1 unspecified atom stereocenters. The molecule has 2 rings (SSSR count). The molecule has 1 heterocycles. The predicted molar refractivity (Wildman–Crippen MR) is 75.0 cm³/mol. The van der Waals surface area contributed by atoms with Crippen LogP contribution >= 0.6 is 15.9 Å². The summed E-state index contributed by atoms with van der Waals surface area (Å²) in [4.78, 5) is 26.1. The molecule has 1 aliphatic rings. The van der Waals surface area contributed by atoms with E-state index >= 15 is 0 Å². The Balaban J connectivity index is 2.47. The number of nitrogens with zero attached hydrogens (tertiary/aromatic N) is 1. The van der Waals surface area contributed by atoms with Crippen LogP contribution in [-0.2, 0) is 0 Å². The lowest BCUT2D eigenvalue weighted by atomic mass is 9.92. The van der Waals surface area contributed by atoms with Gasteiger partial charge in [-0.15, -0.1) is 0 Å². The Morgan fingerprint density at radius 3 is 2.47 bits per heavy atom. The summed E-state index contributed by atoms with van der Waals surface area (Å²) in [5, 5.41) is 9.17. The molecule has 1 aliphatic heterocycles. The molecule has 1 N–H and O–H groups in total. The molecule has 0 saturated heterocycles. The van der Waals surface area contributed by atoms with Gasteiger partial charge >= 0.3 is 0 Å². The highest BCUT2D eigenvalue weighted by atomic mass is 79.9. The second kappa shape index (κ2) is 5.06. The standard InChI is InChI=1S/C14H16BrNO3/c1-3-14(2,6-7-17)16-12(18)10-5-4-9(15)8-11(10)13(16)19/h4-5,8,17H,3,6-7H2,1-2H3. The molecule has 1 aromatic rings. The van der Waals surface area contributed by atoms with E-state index in [0.717, 1.165) is 4.47 Å². The van der Waals surface area contributed by atoms with Crippen molar-refractivity contribution >= 4 is 27.7 Å². The van der Waals surface area contributed by atoms with Crippen molar-refractivity contribution in [3.8, 4) is 0 Å². The van der Waals surface area contributed by atoms with Crippen LogP contribution in [0.1, 0.15) is 47.4 Å². The molecule has 0 spiro atoms. The van der Waals surface area contributed by atoms with Crippen LogP contribution in [0.15, 0.2) is 22.7 Å². The van der Waals surface area contributed by atoms with Gasteiger partial charge in [-0.2, -0.15) is 0 Å². The molecule has 0 bridgehead atoms. The Hall–Kier alpha value is -1.20. The summed E-state index contributed by atoms with van der Waals surface area (Å²) in [6.45, 7) is 3.69. The smallest absolute Gasteiger partial charge is 0.262 e. The largest absolute Gasteiger partial charge is 0.396 e. The normalized spacial score (nSPS) is 17.6. The number of imide groups is 1. The van der Waals surface area contributed by atoms with Crippen LogP contribution in [0.4, 0.5) is 0 Å². The van der Waals surface area contributed by atoms with Gasteiger partial charge in [0, 0.05) is 11.1 Å². The van der Waals surface area contributed by atoms with Gasteiger partial charge < -0.3 is 5.11 Å². The summed E-state index contributed by atoms with van der Waals surface area (Å²) in [7, 11) is 0. The van der Waals surface area contributed by atoms with Crippen LogP contribution in [0, 0.1) is 0 Å². The zero-order chi connectivity index (χ0) is 14.2. The van der Waals surface area contributed by atoms with Gasteiger partial charge in [-0.3, -0.25) is 14.5 Å². The van der Waals surface area contributed by atoms with E-state index in [1.165, 1.54) is 4.90 Å². The van der Waals surface area contributed by atoms with E-state index in [9.17, 15) is 14.7 Å². The molecular formula is C14H16BrNO3. The third-order valence-corrected chi connectivity index (χ3v) is 4.29. The summed E-state index contributed by atoms with van der Waals surface area (Å²) < 4.78 is 0.773. The number of carbonyl (C=O) groups excluding carboxylic acids is 2. The van der Waals surface area contributed by atoms with Crippen molar-refractivity contribution in [1.29, 1.82) is 0 Å². The summed E-state index contributed by atoms with van der Waals surface area (Å²) >= 11 is 3.31. The summed E-state index contributed by atoms with van der Waals surface area (Å²) in [6, 6.07) is 5.09. The number of amides is 2. The van der Waals surface area contributed by atoms with Gasteiger partial charge in [0.15, 0.2) is 0 Å². The highest BCUT2D eigenvalue weighted by Gasteiger charge is 2.45. The molecule has 1 aromatic carbocycles. The Kier molecular flexibility index (Phi) is 3.78. The quantitative estimate of drug-likeness (QED) is 0.865. The van der Waals surface area contributed by atoms with Crippen LogP contribution in [0.25, 0.3) is 0 Å². The second-order valence-corrected chi connectivity index (χ2v) is 5.88. The molecule has 102 valence electrons. The van der Waals surface area contributed by atoms with Gasteiger partial charge in [0.1, 0.15) is 0 Å². The molecule has 0 fully saturated rings. The average Bonchev–Trinajstić information content (AvgIpc) is 2.62. The molecule has 19 heavy (non-hydrogen) atoms. The van der Waals surface area contributed by atoms with E-state index in [-0.39, 0.29) is 18.4 Å². The van der Waals surface area contributed by atoms with E-state index < -0.39 is 5.54 Å². The van der Waals surface area contributed by atoms with Gasteiger partial charge in [0.25, 0.3) is 11.8 Å². The Bertz CT molecular complexity index is 543. The summed E-state index contributed by atoms with van der Waals surface area (Å²) in [5.74, 6) is -0.551. The highest BCUT2D eigenvalue weighted by Crippen LogP contribution is 2.34. The third kappa shape index (κ3) is 2.21. The molecule has 0 saturated carbocycles. The zero-order valence-electron chi connectivity index (χ0n) is 10.9. The lowest BCUT2D eigenvalue weighted by molar-refractivity contribution is 0.0390. The number of fused-ring (bicyclic) bond motifs is 1. The van der Waals surface area contributed by atoms with Crippen LogP contribution in [0.5, 0.6) is 0 Å². The molecule has 0 aliphatic carbocycles. The number of hydrogen-bond acceptors (Lipinski definition) is 3. The monoisotopic (exact) mass is 325 g/mol. The number of carbonyl (C=O) groups is 2. The lowest BCUT2D eigenvalue weighted by Crippen LogP contribution is -2.49. The first-order chi connectivity index (χ1) is 8.94. The van der Waals surface area contributed by atoms with Crippen molar-refractivity contribution in [3.63, 3.8) is 0 Å². The first-order valence-electron chi connectivity index (χ1n) is 6.24. The van der Waals surface area contributed by atoms with Crippen LogP contribution in [-0.4, -0.2) is 34.0 Å². The van der Waals surface area contributed by atoms with E-state index in [1.54, 1.807) is 18.2 Å². The van der Waals surface area contributed by atoms with Crippen LogP contribution in [0.3, 0.4) is 0 Å². The summed E-state index contributed by atoms with van der Waals surface area (Å²) in [5.41, 5.74) is 0.219. The van der Waals surface area contributed by atoms with Crippen molar-refractivity contribution in [2.45, 2.75) is 32.2 Å². The fraction of sp³-hybridized carbons (Fsp3) is 0.429. The molecule has 4 nitrogen and oxygen atoms in total. The van der Waals surface area contributed by atoms with Crippen LogP contribution in [0.2, 0.25) is 0 Å². The van der Waals surface area contributed by atoms with Gasteiger partial charge in [-0.25, -0.2) is 0 Å². The van der Waals surface area contributed by atoms with Crippen molar-refractivity contribution < 1.29 is 14.7 Å². The number of aliphatic hydroxyl groups is 1. The van der Waals surface area contributed by atoms with Gasteiger partial charge in [0.2, 0.25) is 0 Å². The fourth-order valence-corrected chi connectivity index (χ4v) is 2.75. The van der Waals surface area contributed by atoms with Crippen molar-refractivity contribution in [3.05, 3.63) is 33.8 Å². The minimum atomic E-state index is -0.644. The number of benzene rings is 1. The molecule has 2 amide bonds. The maximum atomic E-state index is 12.4. The average molecular weight is 326 g/mol. The maximum Gasteiger partial charge on any atom is 0.262 e. The van der Waals surface area contributed by atoms with Crippen molar-refractivity contribution in [2.75, 3.05) is 6.61 Å². The summed E-state index contributed by atoms with van der Waals surface area (Å²) in [6.07, 6.45) is 0.996. The Labute approximate surface area is 120 Å². The second-order valence-electron chi connectivity index (χ2n) is 4.96. The third-order valence-electron chi connectivity index (χ3n) is 3.80.